The number of halogens is 6. The second kappa shape index (κ2) is 7.92. The number of nitrogen functional groups attached to an aromatic ring is 1. The van der Waals surface area contributed by atoms with Crippen LogP contribution in [0.2, 0.25) is 11.6 Å². The summed E-state index contributed by atoms with van der Waals surface area (Å²) in [6, 6.07) is 0.491. The molecule has 7 nitrogen and oxygen atoms in total. The Hall–Kier alpha value is -2.44. The van der Waals surface area contributed by atoms with Crippen LogP contribution in [0.5, 0.6) is 5.88 Å². The van der Waals surface area contributed by atoms with Gasteiger partial charge in [-0.15, -0.1) is 10.2 Å². The number of hydrogen-bond donors (Lipinski definition) is 2. The molecule has 1 aliphatic heterocycles. The smallest absolute Gasteiger partial charge is 0.426 e. The molecule has 3 heterocycles. The molecular formula is C16H14B2F6N4O3. The first-order valence-corrected chi connectivity index (χ1v) is 8.89. The van der Waals surface area contributed by atoms with Crippen molar-refractivity contribution in [3.05, 3.63) is 17.5 Å². The van der Waals surface area contributed by atoms with E-state index in [4.69, 9.17) is 30.6 Å². The van der Waals surface area contributed by atoms with Gasteiger partial charge in [-0.2, -0.15) is 26.3 Å². The topological polar surface area (TPSA) is 107 Å². The van der Waals surface area contributed by atoms with Crippen molar-refractivity contribution in [3.63, 3.8) is 0 Å². The first-order valence-electron chi connectivity index (χ1n) is 8.89. The van der Waals surface area contributed by atoms with Crippen LogP contribution >= 0.6 is 0 Å². The first kappa shape index (κ1) is 23.2. The fraction of sp³-hybridized carbons (Fsp3) is 0.562. The third kappa shape index (κ3) is 4.46. The minimum Gasteiger partial charge on any atom is -0.477 e. The van der Waals surface area contributed by atoms with Gasteiger partial charge in [0.15, 0.2) is 5.69 Å². The highest BCUT2D eigenvalue weighted by atomic mass is 19.4. The van der Waals surface area contributed by atoms with E-state index in [1.807, 2.05) is 0 Å². The summed E-state index contributed by atoms with van der Waals surface area (Å²) in [7, 11) is 11.5. The van der Waals surface area contributed by atoms with E-state index in [0.29, 0.717) is 6.07 Å². The Bertz CT molecular complexity index is 954. The van der Waals surface area contributed by atoms with Gasteiger partial charge < -0.3 is 20.0 Å². The number of ether oxygens (including phenoxy) is 1. The van der Waals surface area contributed by atoms with E-state index < -0.39 is 70.6 Å². The zero-order chi connectivity index (χ0) is 23.2. The Balaban J connectivity index is 2.18. The SMILES string of the molecule is [B]C1CCCOc2nc(c(N)cc2C(F)(F)F)-c2nnc(o2)C(O)(C(F)(F)F)CC1[B]. The normalized spacial score (nSPS) is 25.5. The van der Waals surface area contributed by atoms with E-state index >= 15 is 0 Å². The molecule has 1 aliphatic rings. The predicted octanol–water partition coefficient (Wildman–Crippen LogP) is 2.96. The summed E-state index contributed by atoms with van der Waals surface area (Å²) in [5.41, 5.74) is -0.495. The van der Waals surface area contributed by atoms with Crippen molar-refractivity contribution in [3.8, 4) is 17.5 Å². The molecule has 3 N–H and O–H groups in total. The Kier molecular flexibility index (Phi) is 5.93. The summed E-state index contributed by atoms with van der Waals surface area (Å²) in [6.07, 6.45) is -11.2. The molecule has 3 unspecified atom stereocenters. The molecular weight excluding hydrogens is 432 g/mol. The minimum atomic E-state index is -5.28. The number of pyridine rings is 1. The lowest BCUT2D eigenvalue weighted by Crippen LogP contribution is -2.44. The molecule has 3 atom stereocenters. The van der Waals surface area contributed by atoms with Crippen LogP contribution in [0.1, 0.15) is 30.7 Å². The van der Waals surface area contributed by atoms with Crippen LogP contribution in [-0.2, 0) is 11.8 Å². The number of aliphatic hydroxyl groups is 1. The third-order valence-electron chi connectivity index (χ3n) is 4.77. The van der Waals surface area contributed by atoms with Crippen molar-refractivity contribution in [1.82, 2.24) is 15.2 Å². The van der Waals surface area contributed by atoms with Crippen molar-refractivity contribution < 1.29 is 40.6 Å². The van der Waals surface area contributed by atoms with Crippen LogP contribution in [0, 0.1) is 0 Å². The molecule has 0 amide bonds. The number of anilines is 1. The lowest BCUT2D eigenvalue weighted by Gasteiger charge is -2.32. The lowest BCUT2D eigenvalue weighted by atomic mass is 9.61. The number of aromatic nitrogens is 3. The second-order valence-electron chi connectivity index (χ2n) is 7.07. The van der Waals surface area contributed by atoms with Gasteiger partial charge >= 0.3 is 12.4 Å². The van der Waals surface area contributed by atoms with Gasteiger partial charge in [0.25, 0.3) is 11.8 Å². The van der Waals surface area contributed by atoms with Crippen LogP contribution in [0.25, 0.3) is 11.6 Å². The molecule has 0 spiro atoms. The highest BCUT2D eigenvalue weighted by Gasteiger charge is 2.59. The van der Waals surface area contributed by atoms with E-state index in [0.717, 1.165) is 0 Å². The average Bonchev–Trinajstić information content (AvgIpc) is 3.13. The Morgan fingerprint density at radius 3 is 2.42 bits per heavy atom. The molecule has 0 aromatic carbocycles. The van der Waals surface area contributed by atoms with Crippen molar-refractivity contribution in [2.75, 3.05) is 12.3 Å². The highest BCUT2D eigenvalue weighted by molar-refractivity contribution is 6.21. The molecule has 31 heavy (non-hydrogen) atoms. The molecule has 2 aromatic heterocycles. The third-order valence-corrected chi connectivity index (χ3v) is 4.77. The molecule has 4 bridgehead atoms. The van der Waals surface area contributed by atoms with Crippen molar-refractivity contribution in [2.24, 2.45) is 0 Å². The molecule has 3 rings (SSSR count). The van der Waals surface area contributed by atoms with E-state index in [1.165, 1.54) is 0 Å². The Morgan fingerprint density at radius 1 is 1.13 bits per heavy atom. The maximum atomic E-state index is 13.7. The van der Waals surface area contributed by atoms with E-state index in [1.54, 1.807) is 0 Å². The van der Waals surface area contributed by atoms with Gasteiger partial charge in [-0.25, -0.2) is 4.98 Å². The van der Waals surface area contributed by atoms with Gasteiger partial charge in [-0.3, -0.25) is 0 Å². The van der Waals surface area contributed by atoms with Crippen LogP contribution in [-0.4, -0.2) is 48.8 Å². The van der Waals surface area contributed by atoms with Crippen LogP contribution in [0.3, 0.4) is 0 Å². The van der Waals surface area contributed by atoms with Gasteiger partial charge in [0, 0.05) is 0 Å². The van der Waals surface area contributed by atoms with Gasteiger partial charge in [0.1, 0.15) is 5.56 Å². The molecule has 164 valence electrons. The molecule has 4 radical (unpaired) electrons. The average molecular weight is 446 g/mol. The molecule has 0 aliphatic carbocycles. The van der Waals surface area contributed by atoms with E-state index in [-0.39, 0.29) is 19.4 Å². The summed E-state index contributed by atoms with van der Waals surface area (Å²) in [4.78, 5) is 3.63. The van der Waals surface area contributed by atoms with Crippen LogP contribution in [0.15, 0.2) is 10.5 Å². The number of hydrogen-bond acceptors (Lipinski definition) is 7. The number of nitrogens with two attached hydrogens (primary N) is 1. The molecule has 2 aromatic rings. The molecule has 0 saturated carbocycles. The maximum Gasteiger partial charge on any atom is 0.426 e. The largest absolute Gasteiger partial charge is 0.477 e. The van der Waals surface area contributed by atoms with Crippen molar-refractivity contribution >= 4 is 21.4 Å². The summed E-state index contributed by atoms with van der Waals surface area (Å²) in [5, 5.41) is 16.9. The van der Waals surface area contributed by atoms with E-state index in [9.17, 15) is 31.4 Å². The zero-order valence-electron chi connectivity index (χ0n) is 15.7. The van der Waals surface area contributed by atoms with Gasteiger partial charge in [0.2, 0.25) is 11.5 Å². The fourth-order valence-electron chi connectivity index (χ4n) is 3.00. The summed E-state index contributed by atoms with van der Waals surface area (Å²) < 4.78 is 91.1. The lowest BCUT2D eigenvalue weighted by molar-refractivity contribution is -0.277. The molecule has 15 heteroatoms. The highest BCUT2D eigenvalue weighted by Crippen LogP contribution is 2.47. The quantitative estimate of drug-likeness (QED) is 0.474. The van der Waals surface area contributed by atoms with Gasteiger partial charge in [0.05, 0.1) is 28.0 Å². The zero-order valence-corrected chi connectivity index (χ0v) is 15.7. The number of alkyl halides is 6. The summed E-state index contributed by atoms with van der Waals surface area (Å²) in [5.74, 6) is -5.31. The monoisotopic (exact) mass is 446 g/mol. The number of nitrogens with zero attached hydrogens (tertiary/aromatic N) is 3. The molecule has 0 saturated heterocycles. The molecule has 0 fully saturated rings. The second-order valence-corrected chi connectivity index (χ2v) is 7.07. The summed E-state index contributed by atoms with van der Waals surface area (Å²) in [6.45, 7) is -0.293. The first-order chi connectivity index (χ1) is 14.2. The number of fused-ring (bicyclic) bond motifs is 5. The van der Waals surface area contributed by atoms with Gasteiger partial charge in [-0.1, -0.05) is 18.1 Å². The predicted molar refractivity (Wildman–Crippen MR) is 95.2 cm³/mol. The van der Waals surface area contributed by atoms with Crippen LogP contribution < -0.4 is 10.5 Å². The maximum absolute atomic E-state index is 13.7. The Labute approximate surface area is 174 Å². The van der Waals surface area contributed by atoms with Crippen molar-refractivity contribution in [2.45, 2.75) is 48.9 Å². The van der Waals surface area contributed by atoms with Crippen LogP contribution in [0.4, 0.5) is 32.0 Å². The standard InChI is InChI=1S/C16H14B2F6N4O3/c17-7-2-1-3-30-11-6(15(19,20)21)4-9(25)10(26-11)12-27-28-13(31-12)14(29,5-8(7)18)16(22,23)24/h4,7-8,29H,1-3,5,25H2. The van der Waals surface area contributed by atoms with Crippen molar-refractivity contribution in [1.29, 1.82) is 0 Å². The minimum absolute atomic E-state index is 0.00658. The Morgan fingerprint density at radius 2 is 1.81 bits per heavy atom. The fourth-order valence-corrected chi connectivity index (χ4v) is 3.00. The van der Waals surface area contributed by atoms with E-state index in [2.05, 4.69) is 15.2 Å². The summed E-state index contributed by atoms with van der Waals surface area (Å²) >= 11 is 0. The number of rotatable bonds is 0. The van der Waals surface area contributed by atoms with Gasteiger partial charge in [-0.05, 0) is 18.9 Å².